The van der Waals surface area contributed by atoms with E-state index in [4.69, 9.17) is 0 Å². The van der Waals surface area contributed by atoms with Gasteiger partial charge in [0.25, 0.3) is 11.8 Å². The van der Waals surface area contributed by atoms with Gasteiger partial charge in [-0.05, 0) is 38.3 Å². The third-order valence-electron chi connectivity index (χ3n) is 5.12. The maximum atomic E-state index is 13.2. The smallest absolute Gasteiger partial charge is 0.287 e. The number of carbonyl (C=O) groups excluding carboxylic acids is 2. The first-order valence-corrected chi connectivity index (χ1v) is 11.0. The molecule has 3 heterocycles. The zero-order valence-electron chi connectivity index (χ0n) is 15.1. The molecule has 0 aromatic carbocycles. The molecular formula is C18H22N4O4S. The standard InChI is InChI=1S/C18H22N4O4S/c1-2-21(13-8-10-27(25,26)11-13)18(24)15-14-5-3-4-9-22(14)16(20-15)17(23)19-12-6-7-12/h3-5,9,12-13H,2,6-8,10-11H2,1H3,(H,19,23). The molecule has 1 aliphatic carbocycles. The SMILES string of the molecule is CCN(C(=O)c1nc(C(=O)NC2CC2)n2ccccc12)C1CCS(=O)(=O)C1. The first-order valence-electron chi connectivity index (χ1n) is 9.19. The van der Waals surface area contributed by atoms with Gasteiger partial charge in [0.1, 0.15) is 0 Å². The van der Waals surface area contributed by atoms with Crippen LogP contribution in [0.25, 0.3) is 5.52 Å². The Morgan fingerprint density at radius 3 is 2.70 bits per heavy atom. The first kappa shape index (κ1) is 18.0. The summed E-state index contributed by atoms with van der Waals surface area (Å²) in [6.45, 7) is 2.20. The summed E-state index contributed by atoms with van der Waals surface area (Å²) in [5, 5.41) is 2.90. The molecule has 1 saturated carbocycles. The number of amides is 2. The van der Waals surface area contributed by atoms with E-state index in [1.165, 1.54) is 0 Å². The number of hydrogen-bond donors (Lipinski definition) is 1. The molecule has 27 heavy (non-hydrogen) atoms. The monoisotopic (exact) mass is 390 g/mol. The van der Waals surface area contributed by atoms with Gasteiger partial charge in [-0.1, -0.05) is 6.07 Å². The molecule has 2 aliphatic rings. The summed E-state index contributed by atoms with van der Waals surface area (Å²) in [5.74, 6) is -0.387. The van der Waals surface area contributed by atoms with Gasteiger partial charge in [-0.3, -0.25) is 14.0 Å². The van der Waals surface area contributed by atoms with Gasteiger partial charge in [-0.15, -0.1) is 0 Å². The molecule has 2 aromatic heterocycles. The number of pyridine rings is 1. The van der Waals surface area contributed by atoms with Crippen molar-refractivity contribution in [3.8, 4) is 0 Å². The van der Waals surface area contributed by atoms with Crippen LogP contribution in [-0.4, -0.2) is 64.7 Å². The van der Waals surface area contributed by atoms with Crippen LogP contribution in [0.15, 0.2) is 24.4 Å². The first-order chi connectivity index (χ1) is 12.9. The third kappa shape index (κ3) is 3.43. The number of nitrogens with one attached hydrogen (secondary N) is 1. The van der Waals surface area contributed by atoms with Gasteiger partial charge >= 0.3 is 0 Å². The van der Waals surface area contributed by atoms with Crippen molar-refractivity contribution in [3.05, 3.63) is 35.9 Å². The molecule has 1 atom stereocenters. The molecule has 1 saturated heterocycles. The van der Waals surface area contributed by atoms with E-state index in [-0.39, 0.29) is 46.9 Å². The third-order valence-corrected chi connectivity index (χ3v) is 6.87. The molecule has 1 N–H and O–H groups in total. The Hall–Kier alpha value is -2.42. The lowest BCUT2D eigenvalue weighted by Gasteiger charge is -2.26. The zero-order chi connectivity index (χ0) is 19.2. The molecule has 144 valence electrons. The fraction of sp³-hybridized carbons (Fsp3) is 0.500. The van der Waals surface area contributed by atoms with Crippen LogP contribution < -0.4 is 5.32 Å². The number of rotatable bonds is 5. The summed E-state index contributed by atoms with van der Waals surface area (Å²) in [5.41, 5.74) is 0.727. The molecule has 8 nitrogen and oxygen atoms in total. The van der Waals surface area contributed by atoms with Crippen LogP contribution in [0, 0.1) is 0 Å². The highest BCUT2D eigenvalue weighted by Crippen LogP contribution is 2.23. The molecule has 0 spiro atoms. The number of sulfone groups is 1. The van der Waals surface area contributed by atoms with Crippen molar-refractivity contribution in [1.82, 2.24) is 19.6 Å². The molecule has 2 amide bonds. The van der Waals surface area contributed by atoms with Crippen molar-refractivity contribution < 1.29 is 18.0 Å². The van der Waals surface area contributed by atoms with Gasteiger partial charge in [-0.25, -0.2) is 13.4 Å². The predicted octanol–water partition coefficient (Wildman–Crippen LogP) is 0.876. The van der Waals surface area contributed by atoms with Crippen molar-refractivity contribution in [1.29, 1.82) is 0 Å². The van der Waals surface area contributed by atoms with Crippen molar-refractivity contribution in [2.45, 2.75) is 38.3 Å². The van der Waals surface area contributed by atoms with Crippen LogP contribution >= 0.6 is 0 Å². The maximum absolute atomic E-state index is 13.2. The molecule has 1 unspecified atom stereocenters. The van der Waals surface area contributed by atoms with E-state index in [0.29, 0.717) is 18.5 Å². The van der Waals surface area contributed by atoms with Crippen LogP contribution in [0.5, 0.6) is 0 Å². The Morgan fingerprint density at radius 1 is 1.30 bits per heavy atom. The summed E-state index contributed by atoms with van der Waals surface area (Å²) in [7, 11) is -3.11. The highest BCUT2D eigenvalue weighted by atomic mass is 32.2. The van der Waals surface area contributed by atoms with Crippen molar-refractivity contribution in [3.63, 3.8) is 0 Å². The predicted molar refractivity (Wildman–Crippen MR) is 99.4 cm³/mol. The summed E-state index contributed by atoms with van der Waals surface area (Å²) >= 11 is 0. The Bertz CT molecular complexity index is 1010. The summed E-state index contributed by atoms with van der Waals surface area (Å²) in [6, 6.07) is 5.14. The Balaban J connectivity index is 1.69. The fourth-order valence-electron chi connectivity index (χ4n) is 3.56. The van der Waals surface area contributed by atoms with Gasteiger partial charge in [0.2, 0.25) is 5.82 Å². The molecule has 4 rings (SSSR count). The van der Waals surface area contributed by atoms with Crippen LogP contribution in [0.1, 0.15) is 47.3 Å². The minimum atomic E-state index is -3.11. The van der Waals surface area contributed by atoms with Gasteiger partial charge in [0.05, 0.1) is 17.0 Å². The van der Waals surface area contributed by atoms with E-state index in [0.717, 1.165) is 12.8 Å². The summed E-state index contributed by atoms with van der Waals surface area (Å²) in [6.07, 6.45) is 4.06. The maximum Gasteiger partial charge on any atom is 0.287 e. The van der Waals surface area contributed by atoms with E-state index >= 15 is 0 Å². The Labute approximate surface area is 157 Å². The minimum absolute atomic E-state index is 0.0204. The lowest BCUT2D eigenvalue weighted by Crippen LogP contribution is -2.41. The molecule has 0 bridgehead atoms. The number of nitrogens with zero attached hydrogens (tertiary/aromatic N) is 3. The highest BCUT2D eigenvalue weighted by molar-refractivity contribution is 7.91. The van der Waals surface area contributed by atoms with Crippen molar-refractivity contribution >= 4 is 27.2 Å². The van der Waals surface area contributed by atoms with E-state index in [1.54, 1.807) is 33.7 Å². The molecule has 2 fully saturated rings. The second-order valence-electron chi connectivity index (χ2n) is 7.14. The van der Waals surface area contributed by atoms with E-state index in [2.05, 4.69) is 10.3 Å². The van der Waals surface area contributed by atoms with E-state index in [9.17, 15) is 18.0 Å². The highest BCUT2D eigenvalue weighted by Gasteiger charge is 2.36. The Morgan fingerprint density at radius 2 is 2.07 bits per heavy atom. The molecule has 2 aromatic rings. The zero-order valence-corrected chi connectivity index (χ0v) is 15.9. The van der Waals surface area contributed by atoms with E-state index < -0.39 is 9.84 Å². The largest absolute Gasteiger partial charge is 0.347 e. The lowest BCUT2D eigenvalue weighted by molar-refractivity contribution is 0.0705. The second kappa shape index (κ2) is 6.63. The van der Waals surface area contributed by atoms with Gasteiger partial charge in [-0.2, -0.15) is 0 Å². The fourth-order valence-corrected chi connectivity index (χ4v) is 5.29. The average Bonchev–Trinajstić information content (AvgIpc) is 3.25. The van der Waals surface area contributed by atoms with Gasteiger partial charge in [0.15, 0.2) is 15.5 Å². The summed E-state index contributed by atoms with van der Waals surface area (Å²) < 4.78 is 25.3. The van der Waals surface area contributed by atoms with Crippen molar-refractivity contribution in [2.24, 2.45) is 0 Å². The minimum Gasteiger partial charge on any atom is -0.347 e. The van der Waals surface area contributed by atoms with Crippen LogP contribution in [-0.2, 0) is 9.84 Å². The second-order valence-corrected chi connectivity index (χ2v) is 9.36. The van der Waals surface area contributed by atoms with E-state index in [1.807, 2.05) is 6.92 Å². The topological polar surface area (TPSA) is 101 Å². The van der Waals surface area contributed by atoms with Crippen LogP contribution in [0.4, 0.5) is 0 Å². The number of carbonyl (C=O) groups is 2. The van der Waals surface area contributed by atoms with Crippen LogP contribution in [0.2, 0.25) is 0 Å². The molecule has 0 radical (unpaired) electrons. The molecular weight excluding hydrogens is 368 g/mol. The lowest BCUT2D eigenvalue weighted by atomic mass is 10.2. The van der Waals surface area contributed by atoms with Crippen LogP contribution in [0.3, 0.4) is 0 Å². The number of fused-ring (bicyclic) bond motifs is 1. The quantitative estimate of drug-likeness (QED) is 0.817. The number of hydrogen-bond acceptors (Lipinski definition) is 5. The van der Waals surface area contributed by atoms with Gasteiger partial charge in [0, 0.05) is 24.8 Å². The normalized spacial score (nSPS) is 21.3. The van der Waals surface area contributed by atoms with Crippen molar-refractivity contribution in [2.75, 3.05) is 18.1 Å². The number of aromatic nitrogens is 2. The Kier molecular flexibility index (Phi) is 4.41. The summed E-state index contributed by atoms with van der Waals surface area (Å²) in [4.78, 5) is 31.6. The average molecular weight is 390 g/mol. The molecule has 1 aliphatic heterocycles. The number of imidazole rings is 1. The van der Waals surface area contributed by atoms with Gasteiger partial charge < -0.3 is 10.2 Å². The molecule has 9 heteroatoms.